The number of para-hydroxylation sites is 1. The Balaban J connectivity index is 1.80. The Morgan fingerprint density at radius 3 is 2.71 bits per heavy atom. The number of amides is 1. The number of aromatic nitrogens is 1. The first-order chi connectivity index (χ1) is 13.6. The Hall–Kier alpha value is -3.21. The van der Waals surface area contributed by atoms with E-state index in [4.69, 9.17) is 5.73 Å². The van der Waals surface area contributed by atoms with Crippen LogP contribution in [0.1, 0.15) is 42.6 Å². The summed E-state index contributed by atoms with van der Waals surface area (Å²) in [6.07, 6.45) is 5.05. The third-order valence-electron chi connectivity index (χ3n) is 4.66. The molecule has 0 fully saturated rings. The van der Waals surface area contributed by atoms with Crippen molar-refractivity contribution in [3.8, 4) is 0 Å². The van der Waals surface area contributed by atoms with E-state index in [9.17, 15) is 4.79 Å². The van der Waals surface area contributed by atoms with Crippen molar-refractivity contribution in [2.45, 2.75) is 33.1 Å². The van der Waals surface area contributed by atoms with Crippen LogP contribution in [-0.2, 0) is 6.42 Å². The van der Waals surface area contributed by atoms with Gasteiger partial charge in [-0.25, -0.2) is 4.99 Å². The number of aliphatic imine (C=N–C) groups is 1. The van der Waals surface area contributed by atoms with Gasteiger partial charge in [0.1, 0.15) is 0 Å². The first-order valence-electron chi connectivity index (χ1n) is 9.65. The zero-order chi connectivity index (χ0) is 19.9. The molecule has 3 N–H and O–H groups in total. The predicted octanol–water partition coefficient (Wildman–Crippen LogP) is 4.59. The fourth-order valence-electron chi connectivity index (χ4n) is 3.37. The van der Waals surface area contributed by atoms with Crippen molar-refractivity contribution in [3.05, 3.63) is 71.9 Å². The van der Waals surface area contributed by atoms with Crippen LogP contribution in [0.3, 0.4) is 0 Å². The lowest BCUT2D eigenvalue weighted by molar-refractivity contribution is 0.0978. The van der Waals surface area contributed by atoms with Gasteiger partial charge >= 0.3 is 0 Å². The minimum atomic E-state index is -0.295. The summed E-state index contributed by atoms with van der Waals surface area (Å²) in [5.41, 5.74) is 9.17. The summed E-state index contributed by atoms with van der Waals surface area (Å²) >= 11 is 0. The van der Waals surface area contributed by atoms with Crippen LogP contribution in [0.5, 0.6) is 0 Å². The Morgan fingerprint density at radius 2 is 1.96 bits per heavy atom. The minimum absolute atomic E-state index is 0.0613. The zero-order valence-electron chi connectivity index (χ0n) is 16.4. The molecule has 144 valence electrons. The summed E-state index contributed by atoms with van der Waals surface area (Å²) in [6, 6.07) is 17.1. The predicted molar refractivity (Wildman–Crippen MR) is 115 cm³/mol. The summed E-state index contributed by atoms with van der Waals surface area (Å²) in [6.45, 7) is 4.47. The highest BCUT2D eigenvalue weighted by atomic mass is 16.1. The summed E-state index contributed by atoms with van der Waals surface area (Å²) in [7, 11) is 0. The Bertz CT molecular complexity index is 982. The second kappa shape index (κ2) is 9.13. The van der Waals surface area contributed by atoms with Gasteiger partial charge in [-0.2, -0.15) is 0 Å². The summed E-state index contributed by atoms with van der Waals surface area (Å²) < 4.78 is 0. The lowest BCUT2D eigenvalue weighted by Crippen LogP contribution is -2.36. The van der Waals surface area contributed by atoms with E-state index in [1.807, 2.05) is 36.4 Å². The minimum Gasteiger partial charge on any atom is -0.369 e. The standard InChI is InChI=1S/C23H26N4O/c1-3-7-16(2)14-17-10-11-19-20(12-13-25-21(19)15-17)22(28)27-23(24)26-18-8-5-4-6-9-18/h4-6,8-13,15-16H,3,7,14H2,1-2H3,(H3,24,26,27,28). The van der Waals surface area contributed by atoms with E-state index in [2.05, 4.69) is 41.3 Å². The Morgan fingerprint density at radius 1 is 1.18 bits per heavy atom. The molecule has 0 aliphatic carbocycles. The summed E-state index contributed by atoms with van der Waals surface area (Å²) in [4.78, 5) is 21.4. The molecule has 3 rings (SSSR count). The Labute approximate surface area is 165 Å². The van der Waals surface area contributed by atoms with Gasteiger partial charge in [0.15, 0.2) is 0 Å². The van der Waals surface area contributed by atoms with Gasteiger partial charge in [-0.3, -0.25) is 15.1 Å². The average molecular weight is 374 g/mol. The number of pyridine rings is 1. The lowest BCUT2D eigenvalue weighted by atomic mass is 9.95. The number of hydrogen-bond donors (Lipinski definition) is 2. The molecule has 0 spiro atoms. The van der Waals surface area contributed by atoms with E-state index >= 15 is 0 Å². The molecule has 2 aromatic carbocycles. The number of benzene rings is 2. The molecule has 1 aromatic heterocycles. The maximum Gasteiger partial charge on any atom is 0.258 e. The second-order valence-electron chi connectivity index (χ2n) is 7.09. The highest BCUT2D eigenvalue weighted by Crippen LogP contribution is 2.21. The van der Waals surface area contributed by atoms with E-state index in [-0.39, 0.29) is 11.9 Å². The van der Waals surface area contributed by atoms with Gasteiger partial charge in [-0.1, -0.05) is 57.0 Å². The second-order valence-corrected chi connectivity index (χ2v) is 7.09. The van der Waals surface area contributed by atoms with E-state index in [0.29, 0.717) is 17.2 Å². The third-order valence-corrected chi connectivity index (χ3v) is 4.66. The van der Waals surface area contributed by atoms with Crippen molar-refractivity contribution in [3.63, 3.8) is 0 Å². The molecule has 1 heterocycles. The number of fused-ring (bicyclic) bond motifs is 1. The van der Waals surface area contributed by atoms with Crippen molar-refractivity contribution in [2.75, 3.05) is 0 Å². The number of guanidine groups is 1. The Kier molecular flexibility index (Phi) is 6.37. The van der Waals surface area contributed by atoms with Crippen LogP contribution < -0.4 is 11.1 Å². The van der Waals surface area contributed by atoms with Crippen LogP contribution in [0.15, 0.2) is 65.8 Å². The topological polar surface area (TPSA) is 80.4 Å². The third kappa shape index (κ3) is 4.94. The van der Waals surface area contributed by atoms with Crippen LogP contribution in [0.2, 0.25) is 0 Å². The normalized spacial score (nSPS) is 12.7. The molecular formula is C23H26N4O. The van der Waals surface area contributed by atoms with Gasteiger partial charge in [-0.05, 0) is 42.2 Å². The smallest absolute Gasteiger partial charge is 0.258 e. The van der Waals surface area contributed by atoms with Crippen LogP contribution >= 0.6 is 0 Å². The number of rotatable bonds is 6. The molecule has 1 amide bonds. The van der Waals surface area contributed by atoms with Crippen molar-refractivity contribution in [1.82, 2.24) is 10.3 Å². The molecule has 0 radical (unpaired) electrons. The molecule has 0 aliphatic heterocycles. The van der Waals surface area contributed by atoms with E-state index in [1.165, 1.54) is 18.4 Å². The maximum atomic E-state index is 12.7. The van der Waals surface area contributed by atoms with Crippen LogP contribution in [0, 0.1) is 5.92 Å². The fourth-order valence-corrected chi connectivity index (χ4v) is 3.37. The van der Waals surface area contributed by atoms with E-state index in [0.717, 1.165) is 17.3 Å². The van der Waals surface area contributed by atoms with Gasteiger partial charge in [0, 0.05) is 11.6 Å². The van der Waals surface area contributed by atoms with E-state index in [1.54, 1.807) is 12.3 Å². The van der Waals surface area contributed by atoms with Gasteiger partial charge in [-0.15, -0.1) is 0 Å². The van der Waals surface area contributed by atoms with Crippen molar-refractivity contribution in [1.29, 1.82) is 0 Å². The SMILES string of the molecule is CCCC(C)Cc1ccc2c(C(=O)NC(N)=Nc3ccccc3)ccnc2c1. The lowest BCUT2D eigenvalue weighted by Gasteiger charge is -2.12. The molecule has 0 saturated carbocycles. The molecule has 5 heteroatoms. The van der Waals surface area contributed by atoms with Crippen LogP contribution in [-0.4, -0.2) is 16.9 Å². The van der Waals surface area contributed by atoms with Crippen molar-refractivity contribution in [2.24, 2.45) is 16.6 Å². The first kappa shape index (κ1) is 19.5. The highest BCUT2D eigenvalue weighted by molar-refractivity contribution is 6.12. The van der Waals surface area contributed by atoms with Crippen molar-refractivity contribution < 1.29 is 4.79 Å². The van der Waals surface area contributed by atoms with Gasteiger partial charge in [0.25, 0.3) is 5.91 Å². The summed E-state index contributed by atoms with van der Waals surface area (Å²) in [5.74, 6) is 0.394. The molecule has 3 aromatic rings. The molecular weight excluding hydrogens is 348 g/mol. The number of nitrogens with one attached hydrogen (secondary N) is 1. The number of carbonyl (C=O) groups is 1. The molecule has 0 aliphatic rings. The molecule has 0 bridgehead atoms. The van der Waals surface area contributed by atoms with Gasteiger partial charge in [0.2, 0.25) is 5.96 Å². The first-order valence-corrected chi connectivity index (χ1v) is 9.65. The molecule has 1 atom stereocenters. The molecule has 1 unspecified atom stereocenters. The molecule has 28 heavy (non-hydrogen) atoms. The van der Waals surface area contributed by atoms with Crippen LogP contribution in [0.4, 0.5) is 5.69 Å². The van der Waals surface area contributed by atoms with Crippen molar-refractivity contribution >= 4 is 28.5 Å². The largest absolute Gasteiger partial charge is 0.369 e. The van der Waals surface area contributed by atoms with E-state index < -0.39 is 0 Å². The monoisotopic (exact) mass is 374 g/mol. The highest BCUT2D eigenvalue weighted by Gasteiger charge is 2.13. The average Bonchev–Trinajstić information content (AvgIpc) is 2.68. The van der Waals surface area contributed by atoms with Crippen LogP contribution in [0.25, 0.3) is 10.9 Å². The quantitative estimate of drug-likeness (QED) is 0.489. The number of nitrogens with two attached hydrogens (primary N) is 1. The zero-order valence-corrected chi connectivity index (χ0v) is 16.4. The maximum absolute atomic E-state index is 12.7. The number of nitrogens with zero attached hydrogens (tertiary/aromatic N) is 2. The number of carbonyl (C=O) groups excluding carboxylic acids is 1. The molecule has 0 saturated heterocycles. The van der Waals surface area contributed by atoms with Gasteiger partial charge in [0.05, 0.1) is 16.8 Å². The summed E-state index contributed by atoms with van der Waals surface area (Å²) in [5, 5.41) is 3.47. The fraction of sp³-hybridized carbons (Fsp3) is 0.261. The van der Waals surface area contributed by atoms with Gasteiger partial charge < -0.3 is 5.73 Å². The molecule has 5 nitrogen and oxygen atoms in total. The number of hydrogen-bond acceptors (Lipinski definition) is 3.